The number of benzene rings is 6. The first-order chi connectivity index (χ1) is 59.6. The smallest absolute Gasteiger partial charge is 0.330 e. The molecule has 126 heavy (non-hydrogen) atoms. The number of sulfonamides is 1. The molecule has 0 spiro atoms. The first-order valence-electron chi connectivity index (χ1n) is 40.9. The number of hydrogen-bond acceptors (Lipinski definition) is 28. The number of carbonyl (C=O) groups is 9. The fraction of sp³-hybridized carbons (Fsp3) is 0.471. The van der Waals surface area contributed by atoms with Gasteiger partial charge >= 0.3 is 5.97 Å². The highest BCUT2D eigenvalue weighted by atomic mass is 35.5. The van der Waals surface area contributed by atoms with E-state index >= 15 is 9.59 Å². The molecule has 0 radical (unpaired) electrons. The SMILES string of the molecule is CCCCCCc1ccc(S(=O)(=O)NCCCCCNC(=O)C(O)c2cc(O)c3c(c2)C(C(=O)O)NC(=O)CC(O)c2ccc(c(Cl)c2)Oc2cc4cc(c2OC2OC(CO)C(O)C(O)C2OC2CC(C)(N)C(O)C(C)O2)Oc2ccc(cc2Cl)C(O)C(NC(=O)C(CC(C)C)NC)C(=O)NC(CC(N)=O)C(=O)NC4C(=O)NC(C(N)=O)c2ccc(O)c-3c2)cc1. The number of phenols is 2. The molecule has 684 valence electrons. The fourth-order valence-electron chi connectivity index (χ4n) is 15.1. The summed E-state index contributed by atoms with van der Waals surface area (Å²) in [6, 6.07) is 7.76. The van der Waals surface area contributed by atoms with Gasteiger partial charge in [-0.3, -0.25) is 38.4 Å². The molecule has 0 saturated carbocycles. The molecule has 9 bridgehead atoms. The van der Waals surface area contributed by atoms with Crippen LogP contribution in [0.2, 0.25) is 10.0 Å². The predicted molar refractivity (Wildman–Crippen MR) is 451 cm³/mol. The Balaban J connectivity index is 1.10. The quantitative estimate of drug-likeness (QED) is 0.0300. The minimum Gasteiger partial charge on any atom is -0.507 e. The number of aromatic hydroxyl groups is 2. The number of carboxylic acid groups (broad SMARTS) is 1. The lowest BCUT2D eigenvalue weighted by molar-refractivity contribution is -0.333. The molecule has 38 nitrogen and oxygen atoms in total. The fourth-order valence-corrected chi connectivity index (χ4v) is 16.6. The number of fused-ring (bicyclic) bond motifs is 16. The number of primary amides is 2. The highest BCUT2D eigenvalue weighted by Crippen LogP contribution is 2.50. The largest absolute Gasteiger partial charge is 0.507 e. The molecule has 18 unspecified atom stereocenters. The Morgan fingerprint density at radius 3 is 1.96 bits per heavy atom. The maximum atomic E-state index is 16.1. The summed E-state index contributed by atoms with van der Waals surface area (Å²) in [5, 5.41) is 133. The summed E-state index contributed by atoms with van der Waals surface area (Å²) in [6.45, 7) is 7.63. The molecule has 6 heterocycles. The van der Waals surface area contributed by atoms with E-state index in [1.807, 2.05) is 0 Å². The van der Waals surface area contributed by atoms with Crippen molar-refractivity contribution in [2.45, 2.75) is 226 Å². The Hall–Kier alpha value is -10.4. The maximum Gasteiger partial charge on any atom is 0.330 e. The summed E-state index contributed by atoms with van der Waals surface area (Å²) in [4.78, 5) is 130. The van der Waals surface area contributed by atoms with E-state index in [1.165, 1.54) is 45.2 Å². The topological polar surface area (TPSA) is 620 Å². The second kappa shape index (κ2) is 42.9. The van der Waals surface area contributed by atoms with Gasteiger partial charge in [0, 0.05) is 36.2 Å². The van der Waals surface area contributed by atoms with Crippen LogP contribution >= 0.6 is 23.2 Å². The average molecular weight is 1820 g/mol. The molecule has 24 N–H and O–H groups in total. The van der Waals surface area contributed by atoms with Gasteiger partial charge in [0.1, 0.15) is 71.6 Å². The van der Waals surface area contributed by atoms with Crippen molar-refractivity contribution >= 4 is 86.5 Å². The third kappa shape index (κ3) is 24.1. The van der Waals surface area contributed by atoms with Crippen LogP contribution in [-0.4, -0.2) is 212 Å². The number of likely N-dealkylation sites (N-methyl/N-ethyl adjacent to an activating group) is 1. The number of unbranched alkanes of at least 4 members (excludes halogenated alkanes) is 5. The Morgan fingerprint density at radius 1 is 0.706 bits per heavy atom. The van der Waals surface area contributed by atoms with Crippen molar-refractivity contribution in [3.05, 3.63) is 152 Å². The summed E-state index contributed by atoms with van der Waals surface area (Å²) >= 11 is 14.2. The van der Waals surface area contributed by atoms with Gasteiger partial charge in [0.05, 0.1) is 58.7 Å². The zero-order valence-corrected chi connectivity index (χ0v) is 72.0. The summed E-state index contributed by atoms with van der Waals surface area (Å²) < 4.78 is 67.3. The van der Waals surface area contributed by atoms with E-state index in [0.717, 1.165) is 104 Å². The van der Waals surface area contributed by atoms with Gasteiger partial charge in [-0.25, -0.2) is 17.9 Å². The summed E-state index contributed by atoms with van der Waals surface area (Å²) in [5.41, 5.74) is 14.3. The zero-order valence-electron chi connectivity index (χ0n) is 69.6. The van der Waals surface area contributed by atoms with Crippen molar-refractivity contribution in [1.82, 2.24) is 41.9 Å². The number of aliphatic carboxylic acids is 1. The molecule has 2 fully saturated rings. The van der Waals surface area contributed by atoms with Crippen molar-refractivity contribution in [3.8, 4) is 51.4 Å². The Labute approximate surface area is 734 Å². The number of aliphatic hydroxyl groups is 7. The van der Waals surface area contributed by atoms with Crippen molar-refractivity contribution in [2.75, 3.05) is 26.7 Å². The second-order valence-corrected chi connectivity index (χ2v) is 34.7. The summed E-state index contributed by atoms with van der Waals surface area (Å²) in [7, 11) is -2.41. The number of amides is 8. The molecule has 12 rings (SSSR count). The van der Waals surface area contributed by atoms with Gasteiger partial charge in [-0.2, -0.15) is 0 Å². The van der Waals surface area contributed by atoms with Crippen LogP contribution in [0.3, 0.4) is 0 Å². The van der Waals surface area contributed by atoms with Gasteiger partial charge < -0.3 is 134 Å². The first-order valence-corrected chi connectivity index (χ1v) is 43.1. The van der Waals surface area contributed by atoms with Gasteiger partial charge in [0.25, 0.3) is 5.91 Å². The van der Waals surface area contributed by atoms with Crippen LogP contribution in [-0.2, 0) is 73.8 Å². The van der Waals surface area contributed by atoms with Gasteiger partial charge in [-0.05, 0) is 171 Å². The molecular weight excluding hydrogens is 1710 g/mol. The highest BCUT2D eigenvalue weighted by Gasteiger charge is 2.51. The van der Waals surface area contributed by atoms with Crippen LogP contribution in [0.5, 0.6) is 40.2 Å². The Morgan fingerprint density at radius 2 is 1.35 bits per heavy atom. The van der Waals surface area contributed by atoms with E-state index in [9.17, 15) is 93.0 Å². The monoisotopic (exact) mass is 1820 g/mol. The Bertz CT molecular complexity index is 5090. The van der Waals surface area contributed by atoms with Crippen LogP contribution < -0.4 is 73.4 Å². The van der Waals surface area contributed by atoms with Gasteiger partial charge in [0.15, 0.2) is 36.0 Å². The number of aliphatic hydroxyl groups excluding tert-OH is 7. The lowest BCUT2D eigenvalue weighted by Crippen LogP contribution is -2.64. The number of nitrogens with two attached hydrogens (primary N) is 3. The number of nitrogens with one attached hydrogen (secondary N) is 8. The van der Waals surface area contributed by atoms with Gasteiger partial charge in [-0.1, -0.05) is 100.0 Å². The standard InChI is InChI=1S/C85H107Cl2N11O27S/c1-7-8-9-11-14-41-15-20-47(21-16-41)126(118,119)93-26-13-10-12-25-92-82(115)71(106)46-29-49-65(56(102)32-46)48-28-43(17-22-54(48)100)66(77(89)110)96-80(113)67-45-33-59(121-57-23-18-42(30-50(57)86)55(101)36-63(104)95-68(49)83(116)117)74(125-84-75(73(108)72(107)61(38-99)123-84)124-64-37-85(5,90)76(109)40(4)120-64)60(34-45)122-58-24-19-44(31-51(58)87)70(105)69(98-78(111)52(91-6)27-39(2)3)81(114)94-53(35-62(88)103)79(112)97-67/h15-24,28-34,39-40,52-53,55,61,64,66-73,75-76,84,91,93,99-102,105-109H,7-14,25-27,35-38,90H2,1-6H3,(H2,88,103)(H2,89,110)(H,92,115)(H,94,114)(H,95,104)(H,96,113)(H,97,112)(H,98,111)(H,116,117). The van der Waals surface area contributed by atoms with Gasteiger partial charge in [0.2, 0.25) is 63.4 Å². The van der Waals surface area contributed by atoms with Crippen LogP contribution in [0.1, 0.15) is 181 Å². The molecule has 6 aliphatic heterocycles. The average Bonchev–Trinajstić information content (AvgIpc) is 0.757. The molecular formula is C85H107Cl2N11O27S. The molecule has 41 heteroatoms. The maximum absolute atomic E-state index is 16.1. The van der Waals surface area contributed by atoms with Crippen molar-refractivity contribution in [2.24, 2.45) is 23.1 Å². The minimum atomic E-state index is -3.87. The van der Waals surface area contributed by atoms with E-state index in [4.69, 9.17) is 68.8 Å². The molecule has 6 aromatic carbocycles. The molecule has 8 amide bonds. The van der Waals surface area contributed by atoms with Crippen LogP contribution in [0.25, 0.3) is 11.1 Å². The highest BCUT2D eigenvalue weighted by molar-refractivity contribution is 7.89. The molecule has 2 saturated heterocycles. The van der Waals surface area contributed by atoms with E-state index < -0.39 is 270 Å². The van der Waals surface area contributed by atoms with Crippen molar-refractivity contribution < 1.29 is 131 Å². The zero-order chi connectivity index (χ0) is 92.1. The second-order valence-electron chi connectivity index (χ2n) is 32.1. The third-order valence-electron chi connectivity index (χ3n) is 21.9. The number of rotatable bonds is 29. The van der Waals surface area contributed by atoms with E-state index in [2.05, 4.69) is 48.9 Å². The molecule has 18 atom stereocenters. The number of phenolic OH excluding ortho intramolecular Hbond substituents is 2. The normalized spacial score (nSPS) is 25.4. The number of aryl methyl sites for hydroxylation is 1. The van der Waals surface area contributed by atoms with Gasteiger partial charge in [-0.15, -0.1) is 0 Å². The first kappa shape index (κ1) is 97.7. The molecule has 6 aliphatic rings. The van der Waals surface area contributed by atoms with E-state index in [1.54, 1.807) is 26.0 Å². The van der Waals surface area contributed by atoms with E-state index in [0.29, 0.717) is 12.8 Å². The van der Waals surface area contributed by atoms with Crippen molar-refractivity contribution in [1.29, 1.82) is 0 Å². The lowest BCUT2D eigenvalue weighted by Gasteiger charge is -2.47. The summed E-state index contributed by atoms with van der Waals surface area (Å²) in [5.74, 6) is -16.9. The van der Waals surface area contributed by atoms with E-state index in [-0.39, 0.29) is 60.0 Å². The number of carbonyl (C=O) groups excluding carboxylic acids is 8. The number of carboxylic acids is 1. The minimum absolute atomic E-state index is 0.0357. The van der Waals surface area contributed by atoms with Crippen LogP contribution in [0.15, 0.2) is 108 Å². The molecule has 6 aromatic rings. The van der Waals surface area contributed by atoms with Crippen LogP contribution in [0, 0.1) is 5.92 Å². The predicted octanol–water partition coefficient (Wildman–Crippen LogP) is 3.20. The molecule has 0 aromatic heterocycles. The third-order valence-corrected chi connectivity index (χ3v) is 24.0. The lowest BCUT2D eigenvalue weighted by atomic mass is 9.86. The van der Waals surface area contributed by atoms with Crippen LogP contribution in [0.4, 0.5) is 0 Å². The molecule has 0 aliphatic carbocycles. The number of halogens is 2. The summed E-state index contributed by atoms with van der Waals surface area (Å²) in [6.07, 6.45) is -15.9. The number of ether oxygens (including phenoxy) is 6. The Kier molecular flexibility index (Phi) is 33.3. The van der Waals surface area contributed by atoms with Crippen molar-refractivity contribution in [3.63, 3.8) is 0 Å². The number of hydrogen-bond donors (Lipinski definition) is 21.